The van der Waals surface area contributed by atoms with E-state index in [1.165, 1.54) is 11.8 Å². The van der Waals surface area contributed by atoms with E-state index in [1.54, 1.807) is 6.92 Å². The minimum Gasteiger partial charge on any atom is -0.396 e. The number of carbonyl (C=O) groups is 1. The van der Waals surface area contributed by atoms with Gasteiger partial charge in [-0.2, -0.15) is 0 Å². The predicted molar refractivity (Wildman–Crippen MR) is 48.7 cm³/mol. The van der Waals surface area contributed by atoms with Gasteiger partial charge in [0.25, 0.3) is 0 Å². The average Bonchev–Trinajstić information content (AvgIpc) is 1.87. The van der Waals surface area contributed by atoms with Crippen LogP contribution in [-0.2, 0) is 4.79 Å². The third kappa shape index (κ3) is 6.38. The Labute approximate surface area is 72.4 Å². The maximum absolute atomic E-state index is 10.7. The highest BCUT2D eigenvalue weighted by Crippen LogP contribution is 2.19. The van der Waals surface area contributed by atoms with E-state index in [-0.39, 0.29) is 11.7 Å². The van der Waals surface area contributed by atoms with Crippen LogP contribution in [-0.4, -0.2) is 22.1 Å². The minimum atomic E-state index is 0.150. The lowest BCUT2D eigenvalue weighted by molar-refractivity contribution is -0.109. The molecule has 1 atom stereocenters. The summed E-state index contributed by atoms with van der Waals surface area (Å²) < 4.78 is 0. The van der Waals surface area contributed by atoms with Gasteiger partial charge in [-0.3, -0.25) is 4.79 Å². The van der Waals surface area contributed by atoms with Crippen molar-refractivity contribution < 1.29 is 9.90 Å². The van der Waals surface area contributed by atoms with Gasteiger partial charge in [0, 0.05) is 18.8 Å². The summed E-state index contributed by atoms with van der Waals surface area (Å²) in [6, 6.07) is 0. The zero-order valence-corrected chi connectivity index (χ0v) is 7.99. The maximum Gasteiger partial charge on any atom is 0.186 e. The Kier molecular flexibility index (Phi) is 6.66. The van der Waals surface area contributed by atoms with E-state index in [2.05, 4.69) is 6.92 Å². The molecule has 1 unspecified atom stereocenters. The molecule has 0 aliphatic rings. The minimum absolute atomic E-state index is 0.150. The van der Waals surface area contributed by atoms with Crippen molar-refractivity contribution in [3.8, 4) is 0 Å². The third-order valence-electron chi connectivity index (χ3n) is 1.39. The van der Waals surface area contributed by atoms with Gasteiger partial charge in [0.15, 0.2) is 5.12 Å². The van der Waals surface area contributed by atoms with Gasteiger partial charge in [0.05, 0.1) is 0 Å². The van der Waals surface area contributed by atoms with Crippen molar-refractivity contribution in [1.29, 1.82) is 0 Å². The van der Waals surface area contributed by atoms with Crippen molar-refractivity contribution in [1.82, 2.24) is 0 Å². The number of hydrogen-bond acceptors (Lipinski definition) is 3. The van der Waals surface area contributed by atoms with Crippen LogP contribution in [0.2, 0.25) is 0 Å². The quantitative estimate of drug-likeness (QED) is 0.694. The number of rotatable bonds is 5. The molecular weight excluding hydrogens is 160 g/mol. The molecule has 0 aromatic heterocycles. The van der Waals surface area contributed by atoms with Crippen LogP contribution in [0.25, 0.3) is 0 Å². The van der Waals surface area contributed by atoms with Crippen LogP contribution in [0.1, 0.15) is 33.1 Å². The Morgan fingerprint density at radius 3 is 2.55 bits per heavy atom. The summed E-state index contributed by atoms with van der Waals surface area (Å²) in [5.74, 6) is 0. The van der Waals surface area contributed by atoms with Crippen LogP contribution < -0.4 is 0 Å². The Bertz CT molecular complexity index is 109. The topological polar surface area (TPSA) is 37.3 Å². The second-order valence-corrected chi connectivity index (χ2v) is 4.01. The SMILES string of the molecule is CCCC(CCO)SC(C)=O. The molecule has 0 aliphatic carbocycles. The number of aliphatic hydroxyl groups excluding tert-OH is 1. The monoisotopic (exact) mass is 176 g/mol. The number of carbonyl (C=O) groups excluding carboxylic acids is 1. The Balaban J connectivity index is 3.59. The van der Waals surface area contributed by atoms with Crippen molar-refractivity contribution in [3.63, 3.8) is 0 Å². The molecule has 0 aliphatic heterocycles. The summed E-state index contributed by atoms with van der Waals surface area (Å²) in [5.41, 5.74) is 0. The lowest BCUT2D eigenvalue weighted by Gasteiger charge is -2.10. The molecular formula is C8H16O2S. The number of thioether (sulfide) groups is 1. The second kappa shape index (κ2) is 6.68. The van der Waals surface area contributed by atoms with Gasteiger partial charge in [-0.25, -0.2) is 0 Å². The standard InChI is InChI=1S/C8H16O2S/c1-3-4-8(5-6-9)11-7(2)10/h8-9H,3-6H2,1-2H3. The highest BCUT2D eigenvalue weighted by atomic mass is 32.2. The molecule has 0 amide bonds. The second-order valence-electron chi connectivity index (χ2n) is 2.53. The zero-order valence-electron chi connectivity index (χ0n) is 7.17. The van der Waals surface area contributed by atoms with E-state index < -0.39 is 0 Å². The largest absolute Gasteiger partial charge is 0.396 e. The molecule has 1 N–H and O–H groups in total. The molecule has 0 heterocycles. The zero-order chi connectivity index (χ0) is 8.69. The van der Waals surface area contributed by atoms with E-state index in [0.29, 0.717) is 5.25 Å². The first-order chi connectivity index (χ1) is 5.20. The van der Waals surface area contributed by atoms with Crippen LogP contribution >= 0.6 is 11.8 Å². The van der Waals surface area contributed by atoms with Crippen LogP contribution in [0.15, 0.2) is 0 Å². The molecule has 0 spiro atoms. The molecule has 66 valence electrons. The van der Waals surface area contributed by atoms with Gasteiger partial charge in [0.2, 0.25) is 0 Å². The highest BCUT2D eigenvalue weighted by Gasteiger charge is 2.09. The third-order valence-corrected chi connectivity index (χ3v) is 2.53. The highest BCUT2D eigenvalue weighted by molar-refractivity contribution is 8.14. The van der Waals surface area contributed by atoms with Crippen LogP contribution in [0.5, 0.6) is 0 Å². The first-order valence-corrected chi connectivity index (χ1v) is 4.86. The molecule has 0 fully saturated rings. The van der Waals surface area contributed by atoms with Crippen LogP contribution in [0.3, 0.4) is 0 Å². The lowest BCUT2D eigenvalue weighted by atomic mass is 10.2. The molecule has 0 saturated carbocycles. The Hall–Kier alpha value is -0.0200. The van der Waals surface area contributed by atoms with Crippen molar-refractivity contribution in [2.45, 2.75) is 38.4 Å². The molecule has 0 aromatic carbocycles. The van der Waals surface area contributed by atoms with Crippen molar-refractivity contribution in [3.05, 3.63) is 0 Å². The summed E-state index contributed by atoms with van der Waals surface area (Å²) in [6.07, 6.45) is 2.83. The Morgan fingerprint density at radius 2 is 2.18 bits per heavy atom. The molecule has 2 nitrogen and oxygen atoms in total. The normalized spacial score (nSPS) is 13.0. The first kappa shape index (κ1) is 11.0. The molecule has 0 rings (SSSR count). The molecule has 3 heteroatoms. The molecule has 0 aromatic rings. The Morgan fingerprint density at radius 1 is 1.55 bits per heavy atom. The van der Waals surface area contributed by atoms with Gasteiger partial charge < -0.3 is 5.11 Å². The molecule has 0 radical (unpaired) electrons. The van der Waals surface area contributed by atoms with E-state index in [4.69, 9.17) is 5.11 Å². The molecule has 11 heavy (non-hydrogen) atoms. The summed E-state index contributed by atoms with van der Waals surface area (Å²) >= 11 is 1.35. The molecule has 0 bridgehead atoms. The number of aliphatic hydroxyl groups is 1. The van der Waals surface area contributed by atoms with E-state index >= 15 is 0 Å². The molecule has 0 saturated heterocycles. The summed E-state index contributed by atoms with van der Waals surface area (Å²) in [7, 11) is 0. The fourth-order valence-electron chi connectivity index (χ4n) is 0.963. The van der Waals surface area contributed by atoms with Crippen molar-refractivity contribution in [2.24, 2.45) is 0 Å². The average molecular weight is 176 g/mol. The van der Waals surface area contributed by atoms with Gasteiger partial charge in [0.1, 0.15) is 0 Å². The van der Waals surface area contributed by atoms with Crippen LogP contribution in [0, 0.1) is 0 Å². The summed E-state index contributed by atoms with van der Waals surface area (Å²) in [5, 5.41) is 9.12. The maximum atomic E-state index is 10.7. The van der Waals surface area contributed by atoms with Crippen molar-refractivity contribution >= 4 is 16.9 Å². The number of hydrogen-bond donors (Lipinski definition) is 1. The van der Waals surface area contributed by atoms with Crippen LogP contribution in [0.4, 0.5) is 0 Å². The van der Waals surface area contributed by atoms with Gasteiger partial charge >= 0.3 is 0 Å². The smallest absolute Gasteiger partial charge is 0.186 e. The summed E-state index contributed by atoms with van der Waals surface area (Å²) in [6.45, 7) is 3.85. The predicted octanol–water partition coefficient (Wildman–Crippen LogP) is 1.82. The first-order valence-electron chi connectivity index (χ1n) is 3.98. The van der Waals surface area contributed by atoms with Gasteiger partial charge in [-0.05, 0) is 12.8 Å². The van der Waals surface area contributed by atoms with Crippen molar-refractivity contribution in [2.75, 3.05) is 6.61 Å². The van der Waals surface area contributed by atoms with E-state index in [1.807, 2.05) is 0 Å². The summed E-state index contributed by atoms with van der Waals surface area (Å²) in [4.78, 5) is 10.7. The fraction of sp³-hybridized carbons (Fsp3) is 0.875. The fourth-order valence-corrected chi connectivity index (χ4v) is 2.01. The lowest BCUT2D eigenvalue weighted by Crippen LogP contribution is -2.07. The van der Waals surface area contributed by atoms with Gasteiger partial charge in [-0.1, -0.05) is 25.1 Å². The van der Waals surface area contributed by atoms with E-state index in [0.717, 1.165) is 19.3 Å². The van der Waals surface area contributed by atoms with E-state index in [9.17, 15) is 4.79 Å². The van der Waals surface area contributed by atoms with Gasteiger partial charge in [-0.15, -0.1) is 0 Å².